The van der Waals surface area contributed by atoms with E-state index in [4.69, 9.17) is 4.74 Å². The van der Waals surface area contributed by atoms with Crippen LogP contribution >= 0.6 is 0 Å². The van der Waals surface area contributed by atoms with Crippen molar-refractivity contribution in [1.82, 2.24) is 5.32 Å². The zero-order valence-electron chi connectivity index (χ0n) is 11.9. The minimum absolute atomic E-state index is 0.0256. The van der Waals surface area contributed by atoms with Crippen LogP contribution in [0.3, 0.4) is 0 Å². The van der Waals surface area contributed by atoms with Crippen molar-refractivity contribution in [1.29, 1.82) is 0 Å². The first kappa shape index (κ1) is 15.3. The van der Waals surface area contributed by atoms with Gasteiger partial charge in [-0.15, -0.1) is 0 Å². The van der Waals surface area contributed by atoms with Crippen LogP contribution in [-0.4, -0.2) is 38.3 Å². The van der Waals surface area contributed by atoms with E-state index in [0.29, 0.717) is 18.2 Å². The van der Waals surface area contributed by atoms with E-state index >= 15 is 0 Å². The van der Waals surface area contributed by atoms with Gasteiger partial charge < -0.3 is 15.0 Å². The van der Waals surface area contributed by atoms with Crippen molar-refractivity contribution in [2.45, 2.75) is 18.7 Å². The molecule has 0 aliphatic carbocycles. The molecular weight excluding hydrogens is 297 g/mol. The van der Waals surface area contributed by atoms with E-state index in [-0.39, 0.29) is 18.6 Å². The second kappa shape index (κ2) is 5.89. The number of amides is 1. The van der Waals surface area contributed by atoms with Gasteiger partial charge in [-0.3, -0.25) is 4.79 Å². The molecule has 0 aromatic heterocycles. The van der Waals surface area contributed by atoms with Gasteiger partial charge in [-0.2, -0.15) is 13.2 Å². The zero-order valence-corrected chi connectivity index (χ0v) is 11.9. The van der Waals surface area contributed by atoms with E-state index in [1.807, 2.05) is 0 Å². The van der Waals surface area contributed by atoms with Gasteiger partial charge in [0.15, 0.2) is 0 Å². The highest BCUT2D eigenvalue weighted by molar-refractivity contribution is 5.95. The first-order chi connectivity index (χ1) is 10.4. The van der Waals surface area contributed by atoms with Gasteiger partial charge in [-0.05, 0) is 37.2 Å². The Hall–Kier alpha value is -1.60. The molecule has 1 aromatic rings. The summed E-state index contributed by atoms with van der Waals surface area (Å²) in [6, 6.07) is 4.69. The Morgan fingerprint density at radius 3 is 2.55 bits per heavy atom. The van der Waals surface area contributed by atoms with E-state index in [0.717, 1.165) is 31.6 Å². The molecule has 0 bridgehead atoms. The Bertz CT molecular complexity index is 539. The lowest BCUT2D eigenvalue weighted by Crippen LogP contribution is -2.49. The number of carbonyl (C=O) groups excluding carboxylic acids is 1. The SMILES string of the molecule is O=C1COC(C2CCNC2)CN1c1ccc(C(F)(F)F)cc1. The maximum atomic E-state index is 12.6. The normalized spacial score (nSPS) is 26.5. The average molecular weight is 314 g/mol. The average Bonchev–Trinajstić information content (AvgIpc) is 3.01. The number of rotatable bonds is 2. The second-order valence-electron chi connectivity index (χ2n) is 5.65. The van der Waals surface area contributed by atoms with Crippen molar-refractivity contribution < 1.29 is 22.7 Å². The third kappa shape index (κ3) is 3.10. The number of hydrogen-bond donors (Lipinski definition) is 1. The smallest absolute Gasteiger partial charge is 0.366 e. The van der Waals surface area contributed by atoms with Crippen LogP contribution in [0, 0.1) is 5.92 Å². The summed E-state index contributed by atoms with van der Waals surface area (Å²) in [5.74, 6) is 0.118. The molecule has 120 valence electrons. The summed E-state index contributed by atoms with van der Waals surface area (Å²) in [7, 11) is 0. The molecule has 0 spiro atoms. The van der Waals surface area contributed by atoms with Gasteiger partial charge >= 0.3 is 6.18 Å². The van der Waals surface area contributed by atoms with Crippen LogP contribution in [0.2, 0.25) is 0 Å². The Kier molecular flexibility index (Phi) is 4.10. The van der Waals surface area contributed by atoms with Crippen LogP contribution < -0.4 is 10.2 Å². The number of nitrogens with one attached hydrogen (secondary N) is 1. The molecule has 0 saturated carbocycles. The predicted molar refractivity (Wildman–Crippen MR) is 74.5 cm³/mol. The van der Waals surface area contributed by atoms with Gasteiger partial charge in [0.2, 0.25) is 0 Å². The van der Waals surface area contributed by atoms with Crippen LogP contribution in [0.5, 0.6) is 0 Å². The van der Waals surface area contributed by atoms with Crippen LogP contribution in [0.25, 0.3) is 0 Å². The minimum Gasteiger partial charge on any atom is -0.366 e. The van der Waals surface area contributed by atoms with Gasteiger partial charge in [0, 0.05) is 18.2 Å². The van der Waals surface area contributed by atoms with Gasteiger partial charge in [0.05, 0.1) is 18.2 Å². The highest BCUT2D eigenvalue weighted by atomic mass is 19.4. The number of carbonyl (C=O) groups is 1. The first-order valence-corrected chi connectivity index (χ1v) is 7.25. The Morgan fingerprint density at radius 1 is 1.23 bits per heavy atom. The summed E-state index contributed by atoms with van der Waals surface area (Å²) < 4.78 is 43.4. The number of anilines is 1. The molecule has 2 atom stereocenters. The lowest BCUT2D eigenvalue weighted by Gasteiger charge is -2.35. The quantitative estimate of drug-likeness (QED) is 0.908. The summed E-state index contributed by atoms with van der Waals surface area (Å²) >= 11 is 0. The van der Waals surface area contributed by atoms with Crippen LogP contribution in [-0.2, 0) is 15.7 Å². The van der Waals surface area contributed by atoms with Crippen LogP contribution in [0.15, 0.2) is 24.3 Å². The van der Waals surface area contributed by atoms with Crippen LogP contribution in [0.1, 0.15) is 12.0 Å². The summed E-state index contributed by atoms with van der Waals surface area (Å²) in [5.41, 5.74) is -0.231. The molecule has 2 fully saturated rings. The Labute approximate surface area is 126 Å². The van der Waals surface area contributed by atoms with Crippen molar-refractivity contribution in [3.8, 4) is 0 Å². The van der Waals surface area contributed by atoms with E-state index in [2.05, 4.69) is 5.32 Å². The highest BCUT2D eigenvalue weighted by Crippen LogP contribution is 2.31. The molecular formula is C15H17F3N2O2. The summed E-state index contributed by atoms with van der Waals surface area (Å²) in [5, 5.41) is 3.25. The van der Waals surface area contributed by atoms with Crippen molar-refractivity contribution in [2.24, 2.45) is 5.92 Å². The summed E-state index contributed by atoms with van der Waals surface area (Å²) in [6.07, 6.45) is -3.46. The molecule has 2 heterocycles. The standard InChI is InChI=1S/C15H17F3N2O2/c16-15(17,18)11-1-3-12(4-2-11)20-8-13(22-9-14(20)21)10-5-6-19-7-10/h1-4,10,13,19H,5-9H2. The molecule has 1 amide bonds. The van der Waals surface area contributed by atoms with E-state index < -0.39 is 11.7 Å². The van der Waals surface area contributed by atoms with E-state index in [9.17, 15) is 18.0 Å². The summed E-state index contributed by atoms with van der Waals surface area (Å²) in [4.78, 5) is 13.5. The van der Waals surface area contributed by atoms with Gasteiger partial charge in [-0.1, -0.05) is 0 Å². The maximum Gasteiger partial charge on any atom is 0.416 e. The lowest BCUT2D eigenvalue weighted by molar-refractivity contribution is -0.137. The van der Waals surface area contributed by atoms with Crippen molar-refractivity contribution in [2.75, 3.05) is 31.1 Å². The molecule has 1 aromatic carbocycles. The molecule has 0 radical (unpaired) electrons. The fraction of sp³-hybridized carbons (Fsp3) is 0.533. The number of hydrogen-bond acceptors (Lipinski definition) is 3. The number of ether oxygens (including phenoxy) is 1. The summed E-state index contributed by atoms with van der Waals surface area (Å²) in [6.45, 7) is 2.14. The fourth-order valence-corrected chi connectivity index (χ4v) is 2.95. The highest BCUT2D eigenvalue weighted by Gasteiger charge is 2.35. The Morgan fingerprint density at radius 2 is 1.95 bits per heavy atom. The first-order valence-electron chi connectivity index (χ1n) is 7.25. The van der Waals surface area contributed by atoms with E-state index in [1.54, 1.807) is 0 Å². The molecule has 2 aliphatic rings. The van der Waals surface area contributed by atoms with Crippen molar-refractivity contribution >= 4 is 11.6 Å². The zero-order chi connectivity index (χ0) is 15.7. The van der Waals surface area contributed by atoms with Gasteiger partial charge in [-0.25, -0.2) is 0 Å². The molecule has 1 N–H and O–H groups in total. The fourth-order valence-electron chi connectivity index (χ4n) is 2.95. The minimum atomic E-state index is -4.37. The predicted octanol–water partition coefficient (Wildman–Crippen LogP) is 2.05. The van der Waals surface area contributed by atoms with Crippen molar-refractivity contribution in [3.63, 3.8) is 0 Å². The molecule has 3 rings (SSSR count). The number of benzene rings is 1. The molecule has 2 aliphatic heterocycles. The molecule has 22 heavy (non-hydrogen) atoms. The number of morpholine rings is 1. The lowest BCUT2D eigenvalue weighted by atomic mass is 9.99. The van der Waals surface area contributed by atoms with Gasteiger partial charge in [0.1, 0.15) is 6.61 Å². The number of nitrogens with zero attached hydrogens (tertiary/aromatic N) is 1. The monoisotopic (exact) mass is 314 g/mol. The molecule has 2 unspecified atom stereocenters. The molecule has 2 saturated heterocycles. The number of alkyl halides is 3. The third-order valence-corrected chi connectivity index (χ3v) is 4.21. The van der Waals surface area contributed by atoms with Crippen molar-refractivity contribution in [3.05, 3.63) is 29.8 Å². The number of halogens is 3. The van der Waals surface area contributed by atoms with Gasteiger partial charge in [0.25, 0.3) is 5.91 Å². The second-order valence-corrected chi connectivity index (χ2v) is 5.65. The Balaban J connectivity index is 1.75. The topological polar surface area (TPSA) is 41.6 Å². The maximum absolute atomic E-state index is 12.6. The largest absolute Gasteiger partial charge is 0.416 e. The third-order valence-electron chi connectivity index (χ3n) is 4.21. The van der Waals surface area contributed by atoms with E-state index in [1.165, 1.54) is 17.0 Å². The molecule has 7 heteroatoms. The van der Waals surface area contributed by atoms with Crippen LogP contribution in [0.4, 0.5) is 18.9 Å². The molecule has 4 nitrogen and oxygen atoms in total.